The van der Waals surface area contributed by atoms with Crippen molar-refractivity contribution in [2.24, 2.45) is 0 Å². The number of carbonyl (C=O) groups excluding carboxylic acids is 2. The van der Waals surface area contributed by atoms with E-state index in [1.54, 1.807) is 4.68 Å². The molecule has 0 spiro atoms. The minimum absolute atomic E-state index is 0. The van der Waals surface area contributed by atoms with Gasteiger partial charge in [0, 0.05) is 48.2 Å². The van der Waals surface area contributed by atoms with E-state index < -0.39 is 0 Å². The summed E-state index contributed by atoms with van der Waals surface area (Å²) < 4.78 is 21.0. The van der Waals surface area contributed by atoms with Crippen LogP contribution < -0.4 is 18.9 Å². The van der Waals surface area contributed by atoms with E-state index in [1.165, 1.54) is 12.8 Å². The number of ether oxygens (including phenoxy) is 1. The van der Waals surface area contributed by atoms with Crippen LogP contribution in [0.1, 0.15) is 21.2 Å². The Morgan fingerprint density at radius 1 is 0.737 bits per heavy atom. The summed E-state index contributed by atoms with van der Waals surface area (Å²) in [4.78, 5) is 25.2. The molecule has 0 atom stereocenters. The van der Waals surface area contributed by atoms with Gasteiger partial charge in [-0.3, -0.25) is 0 Å². The number of nitrogens with zero attached hydrogens (tertiary/aromatic N) is 10. The number of aromatic nitrogens is 10. The van der Waals surface area contributed by atoms with Crippen LogP contribution in [0.4, 0.5) is 0 Å². The summed E-state index contributed by atoms with van der Waals surface area (Å²) >= 11 is 6.97. The third kappa shape index (κ3) is 11.1. The molecule has 16 nitrogen and oxygen atoms in total. The minimum atomic E-state index is 0. The maximum atomic E-state index is 9.04. The smallest absolute Gasteiger partial charge is 1.00 e. The summed E-state index contributed by atoms with van der Waals surface area (Å²) in [7, 11) is 0. The first kappa shape index (κ1) is 44.6. The van der Waals surface area contributed by atoms with Crippen LogP contribution in [-0.4, -0.2) is 89.8 Å². The van der Waals surface area contributed by atoms with Crippen LogP contribution in [0.3, 0.4) is 0 Å². The average molecular weight is 891 g/mol. The Morgan fingerprint density at radius 2 is 1.19 bits per heavy atom. The summed E-state index contributed by atoms with van der Waals surface area (Å²) in [5.41, 5.74) is 6.72. The molecule has 4 aromatic carbocycles. The van der Waals surface area contributed by atoms with Crippen molar-refractivity contribution in [1.29, 1.82) is 0 Å². The fourth-order valence-corrected chi connectivity index (χ4v) is 6.30. The third-order valence-corrected chi connectivity index (χ3v) is 9.43. The van der Waals surface area contributed by atoms with Gasteiger partial charge in [0.15, 0.2) is 0 Å². The molecule has 0 unspecified atom stereocenters. The van der Waals surface area contributed by atoms with E-state index in [0.717, 1.165) is 67.5 Å². The van der Waals surface area contributed by atoms with E-state index in [1.807, 2.05) is 96.5 Å². The zero-order valence-corrected chi connectivity index (χ0v) is 34.0. The zero-order valence-electron chi connectivity index (χ0n) is 31.8. The Labute approximate surface area is 357 Å². The second kappa shape index (κ2) is 22.0. The second-order valence-corrected chi connectivity index (χ2v) is 13.3. The molecule has 1 aliphatic heterocycles. The molecular formula is C37H33BBr2LiN10O6. The van der Waals surface area contributed by atoms with Crippen molar-refractivity contribution in [1.82, 2.24) is 50.3 Å². The maximum Gasteiger partial charge on any atom is 1.00 e. The molecule has 1 aliphatic rings. The van der Waals surface area contributed by atoms with E-state index in [9.17, 15) is 0 Å². The number of fused-ring (bicyclic) bond motifs is 2. The third-order valence-electron chi connectivity index (χ3n) is 8.04. The molecule has 5 heterocycles. The van der Waals surface area contributed by atoms with Gasteiger partial charge < -0.3 is 20.3 Å². The summed E-state index contributed by atoms with van der Waals surface area (Å²) in [5.74, 6) is 1.94. The molecule has 9 rings (SSSR count). The van der Waals surface area contributed by atoms with Gasteiger partial charge in [-0.05, 0) is 112 Å². The molecule has 0 saturated carbocycles. The van der Waals surface area contributed by atoms with Crippen LogP contribution in [0, 0.1) is 0 Å². The van der Waals surface area contributed by atoms with Crippen molar-refractivity contribution >= 4 is 68.5 Å². The second-order valence-electron chi connectivity index (χ2n) is 11.6. The van der Waals surface area contributed by atoms with Gasteiger partial charge in [0.1, 0.15) is 11.0 Å². The molecule has 8 aromatic rings. The van der Waals surface area contributed by atoms with Gasteiger partial charge in [0.25, 0.3) is 11.8 Å². The van der Waals surface area contributed by atoms with Crippen molar-refractivity contribution in [2.45, 2.75) is 32.9 Å². The first-order chi connectivity index (χ1) is 26.9. The van der Waals surface area contributed by atoms with Gasteiger partial charge >= 0.3 is 25.0 Å². The van der Waals surface area contributed by atoms with Crippen molar-refractivity contribution in [3.05, 3.63) is 93.9 Å². The zero-order chi connectivity index (χ0) is 38.6. The predicted molar refractivity (Wildman–Crippen MR) is 213 cm³/mol. The first-order valence-electron chi connectivity index (χ1n) is 17.0. The molecule has 1 N–H and O–H groups in total. The SMILES string of the molecule is C1CCOC1.CCn1nnc2cc(-c3noc(-c4ccccc4Br)n3)ccc21.O=C=O.OCCn1nnc2cc(-c3noc(-c4ccccc4Br)n3)ccc21.[B].[H-].[Li+]. The van der Waals surface area contributed by atoms with Crippen LogP contribution in [0.5, 0.6) is 0 Å². The van der Waals surface area contributed by atoms with Gasteiger partial charge in [-0.2, -0.15) is 19.6 Å². The largest absolute Gasteiger partial charge is 1.00 e. The fraction of sp³-hybridized carbons (Fsp3) is 0.216. The number of hydrogen-bond donors (Lipinski definition) is 1. The Hall–Kier alpha value is -5.12. The minimum Gasteiger partial charge on any atom is -1.00 e. The predicted octanol–water partition coefficient (Wildman–Crippen LogP) is 3.78. The Bertz CT molecular complexity index is 2540. The number of hydrogen-bond acceptors (Lipinski definition) is 14. The summed E-state index contributed by atoms with van der Waals surface area (Å²) in [6, 6.07) is 26.9. The molecule has 0 aliphatic carbocycles. The van der Waals surface area contributed by atoms with Crippen molar-refractivity contribution in [3.8, 4) is 45.7 Å². The van der Waals surface area contributed by atoms with E-state index in [2.05, 4.69) is 72.8 Å². The van der Waals surface area contributed by atoms with E-state index in [0.29, 0.717) is 35.5 Å². The standard InChI is InChI=1S/C16H12BrN5O2.C16H12BrN5O.C4H8O.CO2.B.Li.H/c17-12-4-2-1-3-11(12)16-18-15(20-24-16)10-5-6-14-13(9-10)19-21-22(14)7-8-23;1-2-22-14-8-7-10(9-13(14)19-21-22)15-18-16(23-20-15)11-5-3-4-6-12(11)17;1-2-4-5-3-1;2-1-3;;;/h1-6,9,23H,7-8H2;3-9H,2H2,1H3;1-4H2;;;;/q;;;;;+1;-1. The summed E-state index contributed by atoms with van der Waals surface area (Å²) in [6.45, 7) is 5.24. The van der Waals surface area contributed by atoms with E-state index >= 15 is 0 Å². The molecule has 4 aromatic heterocycles. The topological polar surface area (TPSA) is 203 Å². The van der Waals surface area contributed by atoms with Gasteiger partial charge in [-0.25, -0.2) is 9.36 Å². The molecule has 3 radical (unpaired) electrons. The Morgan fingerprint density at radius 3 is 1.61 bits per heavy atom. The molecule has 20 heteroatoms. The quantitative estimate of drug-likeness (QED) is 0.227. The van der Waals surface area contributed by atoms with Crippen LogP contribution in [0.25, 0.3) is 67.8 Å². The molecule has 1 fully saturated rings. The average Bonchev–Trinajstić information content (AvgIpc) is 4.07. The van der Waals surface area contributed by atoms with E-state index in [4.69, 9.17) is 28.5 Å². The molecule has 57 heavy (non-hydrogen) atoms. The van der Waals surface area contributed by atoms with Crippen LogP contribution >= 0.6 is 31.9 Å². The number of benzene rings is 4. The Kier molecular flexibility index (Phi) is 17.2. The van der Waals surface area contributed by atoms with E-state index in [-0.39, 0.29) is 41.5 Å². The molecule has 285 valence electrons. The molecule has 0 bridgehead atoms. The number of aliphatic hydroxyl groups is 1. The number of aliphatic hydroxyl groups excluding tert-OH is 1. The summed E-state index contributed by atoms with van der Waals surface area (Å²) in [5, 5.41) is 33.6. The fourth-order valence-electron chi connectivity index (χ4n) is 5.40. The summed E-state index contributed by atoms with van der Waals surface area (Å²) in [6.07, 6.45) is 2.81. The number of rotatable bonds is 7. The van der Waals surface area contributed by atoms with Crippen molar-refractivity contribution in [3.63, 3.8) is 0 Å². The molecule has 1 saturated heterocycles. The molecular weight excluding hydrogens is 858 g/mol. The number of aryl methyl sites for hydroxylation is 1. The Balaban J connectivity index is 0.000000250. The van der Waals surface area contributed by atoms with Gasteiger partial charge in [-0.15, -0.1) is 10.2 Å². The van der Waals surface area contributed by atoms with Crippen LogP contribution in [0.15, 0.2) is 103 Å². The molecule has 0 amide bonds. The van der Waals surface area contributed by atoms with Crippen molar-refractivity contribution in [2.75, 3.05) is 19.8 Å². The number of halogens is 2. The van der Waals surface area contributed by atoms with Gasteiger partial charge in [-0.1, -0.05) is 45.0 Å². The monoisotopic (exact) mass is 889 g/mol. The first-order valence-corrected chi connectivity index (χ1v) is 18.5. The normalized spacial score (nSPS) is 11.5. The van der Waals surface area contributed by atoms with Crippen molar-refractivity contribution < 1.29 is 48.8 Å². The maximum absolute atomic E-state index is 9.04. The van der Waals surface area contributed by atoms with Gasteiger partial charge in [0.05, 0.1) is 35.3 Å². The van der Waals surface area contributed by atoms with Crippen LogP contribution in [0.2, 0.25) is 0 Å². The van der Waals surface area contributed by atoms with Gasteiger partial charge in [0.2, 0.25) is 11.6 Å². The van der Waals surface area contributed by atoms with Crippen LogP contribution in [-0.2, 0) is 27.4 Å².